The molecule has 0 saturated carbocycles. The number of nitrogens with one attached hydrogen (secondary N) is 1. The molecule has 1 unspecified atom stereocenters. The van der Waals surface area contributed by atoms with Crippen molar-refractivity contribution in [3.05, 3.63) is 41.7 Å². The van der Waals surface area contributed by atoms with Gasteiger partial charge in [0, 0.05) is 17.7 Å². The largest absolute Gasteiger partial charge is 0.489 e. The van der Waals surface area contributed by atoms with Gasteiger partial charge in [0.25, 0.3) is 0 Å². The molecule has 0 amide bonds. The van der Waals surface area contributed by atoms with Crippen LogP contribution < -0.4 is 10.1 Å². The Morgan fingerprint density at radius 3 is 2.76 bits per heavy atom. The molecule has 0 aliphatic carbocycles. The van der Waals surface area contributed by atoms with E-state index >= 15 is 0 Å². The third-order valence-electron chi connectivity index (χ3n) is 2.81. The molecule has 1 N–H and O–H groups in total. The highest BCUT2D eigenvalue weighted by molar-refractivity contribution is 5.30. The molecule has 0 aliphatic rings. The summed E-state index contributed by atoms with van der Waals surface area (Å²) in [4.78, 5) is 0. The zero-order chi connectivity index (χ0) is 12.8. The van der Waals surface area contributed by atoms with Gasteiger partial charge < -0.3 is 10.1 Å². The third kappa shape index (κ3) is 3.86. The maximum Gasteiger partial charge on any atom is 0.131 e. The van der Waals surface area contributed by atoms with Gasteiger partial charge in [-0.15, -0.1) is 0 Å². The Labute approximate surface area is 102 Å². The molecule has 1 atom stereocenters. The monoisotopic (exact) mass is 237 g/mol. The Bertz CT molecular complexity index is 390. The van der Waals surface area contributed by atoms with E-state index in [0.29, 0.717) is 17.9 Å². The molecule has 17 heavy (non-hydrogen) atoms. The number of benzene rings is 1. The lowest BCUT2D eigenvalue weighted by Crippen LogP contribution is -2.13. The van der Waals surface area contributed by atoms with Crippen molar-refractivity contribution in [2.75, 3.05) is 13.7 Å². The molecule has 2 nitrogen and oxygen atoms in total. The Balaban J connectivity index is 2.72. The van der Waals surface area contributed by atoms with Gasteiger partial charge in [0.2, 0.25) is 0 Å². The van der Waals surface area contributed by atoms with Gasteiger partial charge in [-0.05, 0) is 32.0 Å². The van der Waals surface area contributed by atoms with Crippen LogP contribution in [0.2, 0.25) is 0 Å². The highest BCUT2D eigenvalue weighted by Crippen LogP contribution is 2.22. The average molecular weight is 237 g/mol. The zero-order valence-electron chi connectivity index (χ0n) is 10.7. The number of halogens is 1. The van der Waals surface area contributed by atoms with Gasteiger partial charge in [-0.3, -0.25) is 0 Å². The first-order chi connectivity index (χ1) is 8.08. The first kappa shape index (κ1) is 13.7. The first-order valence-electron chi connectivity index (χ1n) is 5.84. The van der Waals surface area contributed by atoms with Crippen LogP contribution in [-0.2, 0) is 0 Å². The predicted molar refractivity (Wildman–Crippen MR) is 68.8 cm³/mol. The molecule has 0 saturated heterocycles. The molecule has 94 valence electrons. The van der Waals surface area contributed by atoms with Crippen molar-refractivity contribution in [3.63, 3.8) is 0 Å². The van der Waals surface area contributed by atoms with Gasteiger partial charge in [0.15, 0.2) is 0 Å². The second kappa shape index (κ2) is 6.40. The Morgan fingerprint density at radius 2 is 2.24 bits per heavy atom. The summed E-state index contributed by atoms with van der Waals surface area (Å²) in [5, 5.41) is 3.01. The van der Waals surface area contributed by atoms with E-state index < -0.39 is 0 Å². The molecular formula is C14H20FNO. The SMILES string of the molecule is C=C(CC)COc1ccc(C(C)NC)c(F)c1. The van der Waals surface area contributed by atoms with Crippen LogP contribution in [-0.4, -0.2) is 13.7 Å². The topological polar surface area (TPSA) is 21.3 Å². The second-order valence-corrected chi connectivity index (χ2v) is 4.09. The number of rotatable bonds is 6. The molecule has 0 radical (unpaired) electrons. The van der Waals surface area contributed by atoms with Crippen LogP contribution in [0.1, 0.15) is 31.9 Å². The molecule has 1 aromatic rings. The van der Waals surface area contributed by atoms with Crippen molar-refractivity contribution in [1.29, 1.82) is 0 Å². The number of ether oxygens (including phenoxy) is 1. The normalized spacial score (nSPS) is 12.2. The molecular weight excluding hydrogens is 217 g/mol. The third-order valence-corrected chi connectivity index (χ3v) is 2.81. The molecule has 1 aromatic carbocycles. The number of hydrogen-bond donors (Lipinski definition) is 1. The van der Waals surface area contributed by atoms with Crippen molar-refractivity contribution in [2.45, 2.75) is 26.3 Å². The van der Waals surface area contributed by atoms with Gasteiger partial charge in [-0.2, -0.15) is 0 Å². The summed E-state index contributed by atoms with van der Waals surface area (Å²) in [6.07, 6.45) is 0.872. The predicted octanol–water partition coefficient (Wildman–Crippen LogP) is 3.45. The van der Waals surface area contributed by atoms with Gasteiger partial charge in [-0.1, -0.05) is 19.6 Å². The molecule has 0 fully saturated rings. The van der Waals surface area contributed by atoms with Crippen molar-refractivity contribution in [1.82, 2.24) is 5.32 Å². The minimum absolute atomic E-state index is 0.00495. The lowest BCUT2D eigenvalue weighted by molar-refractivity contribution is 0.346. The Kier molecular flexibility index (Phi) is 5.16. The van der Waals surface area contributed by atoms with E-state index in [0.717, 1.165) is 12.0 Å². The fourth-order valence-corrected chi connectivity index (χ4v) is 1.39. The van der Waals surface area contributed by atoms with E-state index in [1.807, 2.05) is 13.8 Å². The van der Waals surface area contributed by atoms with Crippen LogP contribution >= 0.6 is 0 Å². The molecule has 0 bridgehead atoms. The first-order valence-corrected chi connectivity index (χ1v) is 5.84. The molecule has 0 spiro atoms. The van der Waals surface area contributed by atoms with Crippen LogP contribution in [0.5, 0.6) is 5.75 Å². The molecule has 0 aromatic heterocycles. The van der Waals surface area contributed by atoms with E-state index in [1.54, 1.807) is 19.2 Å². The van der Waals surface area contributed by atoms with Crippen LogP contribution in [0.3, 0.4) is 0 Å². The Morgan fingerprint density at radius 1 is 1.53 bits per heavy atom. The van der Waals surface area contributed by atoms with E-state index in [9.17, 15) is 4.39 Å². The fourth-order valence-electron chi connectivity index (χ4n) is 1.39. The second-order valence-electron chi connectivity index (χ2n) is 4.09. The quantitative estimate of drug-likeness (QED) is 0.765. The van der Waals surface area contributed by atoms with Crippen molar-refractivity contribution < 1.29 is 9.13 Å². The zero-order valence-corrected chi connectivity index (χ0v) is 10.7. The van der Waals surface area contributed by atoms with Gasteiger partial charge >= 0.3 is 0 Å². The van der Waals surface area contributed by atoms with E-state index in [-0.39, 0.29) is 11.9 Å². The number of hydrogen-bond acceptors (Lipinski definition) is 2. The van der Waals surface area contributed by atoms with E-state index in [4.69, 9.17) is 4.74 Å². The minimum Gasteiger partial charge on any atom is -0.489 e. The van der Waals surface area contributed by atoms with Crippen LogP contribution in [0.15, 0.2) is 30.4 Å². The highest BCUT2D eigenvalue weighted by Gasteiger charge is 2.09. The maximum atomic E-state index is 13.8. The van der Waals surface area contributed by atoms with Crippen molar-refractivity contribution in [2.24, 2.45) is 0 Å². The fraction of sp³-hybridized carbons (Fsp3) is 0.429. The van der Waals surface area contributed by atoms with E-state index in [2.05, 4.69) is 11.9 Å². The molecule has 0 heterocycles. The van der Waals surface area contributed by atoms with Crippen molar-refractivity contribution >= 4 is 0 Å². The lowest BCUT2D eigenvalue weighted by atomic mass is 10.1. The standard InChI is InChI=1S/C14H20FNO/c1-5-10(2)9-17-12-6-7-13(11(3)16-4)14(15)8-12/h6-8,11,16H,2,5,9H2,1,3-4H3. The van der Waals surface area contributed by atoms with Crippen LogP contribution in [0, 0.1) is 5.82 Å². The van der Waals surface area contributed by atoms with Gasteiger partial charge in [0.1, 0.15) is 18.2 Å². The molecule has 3 heteroatoms. The Hall–Kier alpha value is -1.35. The smallest absolute Gasteiger partial charge is 0.131 e. The van der Waals surface area contributed by atoms with Crippen LogP contribution in [0.4, 0.5) is 4.39 Å². The van der Waals surface area contributed by atoms with Crippen LogP contribution in [0.25, 0.3) is 0 Å². The summed E-state index contributed by atoms with van der Waals surface area (Å²) in [7, 11) is 1.81. The van der Waals surface area contributed by atoms with Gasteiger partial charge in [0.05, 0.1) is 0 Å². The summed E-state index contributed by atoms with van der Waals surface area (Å²) in [5.74, 6) is 0.301. The molecule has 1 rings (SSSR count). The highest BCUT2D eigenvalue weighted by atomic mass is 19.1. The summed E-state index contributed by atoms with van der Waals surface area (Å²) < 4.78 is 19.2. The molecule has 0 aliphatic heterocycles. The summed E-state index contributed by atoms with van der Waals surface area (Å²) in [5.41, 5.74) is 1.65. The van der Waals surface area contributed by atoms with E-state index in [1.165, 1.54) is 6.07 Å². The summed E-state index contributed by atoms with van der Waals surface area (Å²) in [6.45, 7) is 8.21. The van der Waals surface area contributed by atoms with Crippen molar-refractivity contribution in [3.8, 4) is 5.75 Å². The lowest BCUT2D eigenvalue weighted by Gasteiger charge is -2.13. The minimum atomic E-state index is -0.244. The summed E-state index contributed by atoms with van der Waals surface area (Å²) >= 11 is 0. The average Bonchev–Trinajstić information content (AvgIpc) is 2.35. The maximum absolute atomic E-state index is 13.8. The summed E-state index contributed by atoms with van der Waals surface area (Å²) in [6, 6.07) is 4.96. The van der Waals surface area contributed by atoms with Gasteiger partial charge in [-0.25, -0.2) is 4.39 Å².